The van der Waals surface area contributed by atoms with E-state index >= 15 is 0 Å². The summed E-state index contributed by atoms with van der Waals surface area (Å²) in [5.74, 6) is -1.49. The van der Waals surface area contributed by atoms with Crippen LogP contribution in [0.3, 0.4) is 0 Å². The Morgan fingerprint density at radius 2 is 1.96 bits per heavy atom. The quantitative estimate of drug-likeness (QED) is 0.489. The normalized spacial score (nSPS) is 11.0. The van der Waals surface area contributed by atoms with Gasteiger partial charge in [0.05, 0.1) is 7.11 Å². The molecule has 0 aliphatic heterocycles. The summed E-state index contributed by atoms with van der Waals surface area (Å²) in [5, 5.41) is 12.8. The van der Waals surface area contributed by atoms with Gasteiger partial charge in [-0.3, -0.25) is 9.59 Å². The number of methoxy groups -OCH3 is 1. The third kappa shape index (κ3) is 4.36. The van der Waals surface area contributed by atoms with E-state index < -0.39 is 17.4 Å². The van der Waals surface area contributed by atoms with E-state index in [1.54, 1.807) is 43.3 Å². The van der Waals surface area contributed by atoms with Crippen LogP contribution in [0.1, 0.15) is 15.9 Å². The molecule has 0 spiro atoms. The monoisotopic (exact) mass is 345 g/mol. The first-order chi connectivity index (χ1) is 11.4. The van der Waals surface area contributed by atoms with Gasteiger partial charge in [0.1, 0.15) is 5.75 Å². The van der Waals surface area contributed by atoms with Gasteiger partial charge in [-0.25, -0.2) is 0 Å². The van der Waals surface area contributed by atoms with E-state index in [9.17, 15) is 14.7 Å². The van der Waals surface area contributed by atoms with Gasteiger partial charge in [0.2, 0.25) is 0 Å². The standard InChI is InChI=1S/C18H16ClNO4/c1-11-6-7-13(19)9-15(11)20-18(23)17(22)10-16(21)12-4-3-5-14(8-12)24-2/h3-10,22H,1-2H3,(H,20,23)/b17-10-. The highest BCUT2D eigenvalue weighted by atomic mass is 35.5. The molecule has 2 aromatic carbocycles. The van der Waals surface area contributed by atoms with Gasteiger partial charge in [-0.15, -0.1) is 0 Å². The summed E-state index contributed by atoms with van der Waals surface area (Å²) in [6, 6.07) is 11.4. The predicted molar refractivity (Wildman–Crippen MR) is 92.9 cm³/mol. The van der Waals surface area contributed by atoms with Gasteiger partial charge in [0, 0.05) is 22.3 Å². The number of carbonyl (C=O) groups excluding carboxylic acids is 2. The number of aliphatic hydroxyl groups is 1. The van der Waals surface area contributed by atoms with Crippen molar-refractivity contribution in [2.24, 2.45) is 0 Å². The zero-order chi connectivity index (χ0) is 17.7. The highest BCUT2D eigenvalue weighted by Gasteiger charge is 2.13. The summed E-state index contributed by atoms with van der Waals surface area (Å²) in [7, 11) is 1.48. The van der Waals surface area contributed by atoms with E-state index in [2.05, 4.69) is 5.32 Å². The molecule has 2 rings (SSSR count). The molecule has 5 nitrogen and oxygen atoms in total. The van der Waals surface area contributed by atoms with Crippen LogP contribution in [-0.2, 0) is 4.79 Å². The number of hydrogen-bond donors (Lipinski definition) is 2. The Morgan fingerprint density at radius 3 is 2.67 bits per heavy atom. The number of anilines is 1. The Morgan fingerprint density at radius 1 is 1.21 bits per heavy atom. The van der Waals surface area contributed by atoms with Gasteiger partial charge in [0.25, 0.3) is 5.91 Å². The van der Waals surface area contributed by atoms with Crippen molar-refractivity contribution < 1.29 is 19.4 Å². The fraction of sp³-hybridized carbons (Fsp3) is 0.111. The van der Waals surface area contributed by atoms with Gasteiger partial charge >= 0.3 is 0 Å². The molecule has 0 atom stereocenters. The van der Waals surface area contributed by atoms with Crippen LogP contribution in [0.5, 0.6) is 5.75 Å². The van der Waals surface area contributed by atoms with Crippen molar-refractivity contribution >= 4 is 29.0 Å². The minimum absolute atomic E-state index is 0.299. The largest absolute Gasteiger partial charge is 0.503 e. The summed E-state index contributed by atoms with van der Waals surface area (Å²) in [5.41, 5.74) is 1.54. The van der Waals surface area contributed by atoms with Crippen molar-refractivity contribution in [3.8, 4) is 5.75 Å². The Labute approximate surface area is 144 Å². The van der Waals surface area contributed by atoms with Crippen LogP contribution < -0.4 is 10.1 Å². The number of amides is 1. The van der Waals surface area contributed by atoms with Crippen LogP contribution in [-0.4, -0.2) is 23.9 Å². The number of ketones is 1. The molecule has 2 N–H and O–H groups in total. The first-order valence-electron chi connectivity index (χ1n) is 7.07. The molecule has 0 bridgehead atoms. The van der Waals surface area contributed by atoms with Crippen molar-refractivity contribution in [2.45, 2.75) is 6.92 Å². The third-order valence-corrected chi connectivity index (χ3v) is 3.54. The van der Waals surface area contributed by atoms with Crippen molar-refractivity contribution in [1.29, 1.82) is 0 Å². The highest BCUT2D eigenvalue weighted by Crippen LogP contribution is 2.20. The number of halogens is 1. The molecular weight excluding hydrogens is 330 g/mol. The van der Waals surface area contributed by atoms with Crippen LogP contribution in [0.2, 0.25) is 5.02 Å². The Hall–Kier alpha value is -2.79. The molecule has 0 saturated heterocycles. The molecule has 0 heterocycles. The SMILES string of the molecule is COc1cccc(C(=O)/C=C(\O)C(=O)Nc2cc(Cl)ccc2C)c1. The topological polar surface area (TPSA) is 75.6 Å². The Balaban J connectivity index is 2.15. The van der Waals surface area contributed by atoms with Crippen LogP contribution in [0.4, 0.5) is 5.69 Å². The van der Waals surface area contributed by atoms with Crippen molar-refractivity contribution in [2.75, 3.05) is 12.4 Å². The molecular formula is C18H16ClNO4. The smallest absolute Gasteiger partial charge is 0.290 e. The first-order valence-corrected chi connectivity index (χ1v) is 7.45. The van der Waals surface area contributed by atoms with Crippen LogP contribution >= 0.6 is 11.6 Å². The van der Waals surface area contributed by atoms with E-state index in [0.717, 1.165) is 11.6 Å². The number of carbonyl (C=O) groups is 2. The summed E-state index contributed by atoms with van der Waals surface area (Å²) in [6.07, 6.45) is 0.865. The maximum Gasteiger partial charge on any atom is 0.290 e. The minimum Gasteiger partial charge on any atom is -0.503 e. The van der Waals surface area contributed by atoms with Gasteiger partial charge in [-0.1, -0.05) is 29.8 Å². The van der Waals surface area contributed by atoms with Crippen molar-refractivity contribution in [3.05, 3.63) is 70.4 Å². The number of allylic oxidation sites excluding steroid dienone is 1. The molecule has 0 fully saturated rings. The van der Waals surface area contributed by atoms with Gasteiger partial charge < -0.3 is 15.2 Å². The lowest BCUT2D eigenvalue weighted by molar-refractivity contribution is -0.115. The molecule has 2 aromatic rings. The average Bonchev–Trinajstić information content (AvgIpc) is 2.58. The number of rotatable bonds is 5. The van der Waals surface area contributed by atoms with Crippen molar-refractivity contribution in [1.82, 2.24) is 0 Å². The fourth-order valence-electron chi connectivity index (χ4n) is 1.96. The van der Waals surface area contributed by atoms with Crippen LogP contribution in [0, 0.1) is 6.92 Å². The zero-order valence-corrected chi connectivity index (χ0v) is 13.9. The van der Waals surface area contributed by atoms with E-state index in [1.807, 2.05) is 0 Å². The second-order valence-electron chi connectivity index (χ2n) is 5.04. The molecule has 6 heteroatoms. The minimum atomic E-state index is -0.795. The van der Waals surface area contributed by atoms with E-state index in [1.165, 1.54) is 13.2 Å². The second kappa shape index (κ2) is 7.66. The maximum atomic E-state index is 12.1. The number of nitrogens with one attached hydrogen (secondary N) is 1. The van der Waals surface area contributed by atoms with Gasteiger partial charge in [-0.05, 0) is 36.8 Å². The summed E-state index contributed by atoms with van der Waals surface area (Å²) < 4.78 is 5.03. The van der Waals surface area contributed by atoms with E-state index in [4.69, 9.17) is 16.3 Å². The molecule has 0 aromatic heterocycles. The third-order valence-electron chi connectivity index (χ3n) is 3.30. The fourth-order valence-corrected chi connectivity index (χ4v) is 2.14. The molecule has 0 radical (unpaired) electrons. The number of aryl methyl sites for hydroxylation is 1. The van der Waals surface area contributed by atoms with Crippen LogP contribution in [0.15, 0.2) is 54.3 Å². The lowest BCUT2D eigenvalue weighted by atomic mass is 10.1. The number of ether oxygens (including phenoxy) is 1. The summed E-state index contributed by atoms with van der Waals surface area (Å²) in [4.78, 5) is 24.1. The molecule has 0 aliphatic carbocycles. The number of benzene rings is 2. The Bertz CT molecular complexity index is 814. The second-order valence-corrected chi connectivity index (χ2v) is 5.48. The van der Waals surface area contributed by atoms with Gasteiger partial charge in [0.15, 0.2) is 11.5 Å². The lowest BCUT2D eigenvalue weighted by Gasteiger charge is -2.08. The molecule has 1 amide bonds. The number of hydrogen-bond acceptors (Lipinski definition) is 4. The molecule has 0 saturated carbocycles. The summed E-state index contributed by atoms with van der Waals surface area (Å²) in [6.45, 7) is 1.79. The van der Waals surface area contributed by atoms with Crippen LogP contribution in [0.25, 0.3) is 0 Å². The first kappa shape index (κ1) is 17.6. The summed E-state index contributed by atoms with van der Waals surface area (Å²) >= 11 is 5.88. The molecule has 124 valence electrons. The predicted octanol–water partition coefficient (Wildman–Crippen LogP) is 3.92. The van der Waals surface area contributed by atoms with Crippen molar-refractivity contribution in [3.63, 3.8) is 0 Å². The highest BCUT2D eigenvalue weighted by molar-refractivity contribution is 6.31. The van der Waals surface area contributed by atoms with E-state index in [-0.39, 0.29) is 0 Å². The molecule has 0 unspecified atom stereocenters. The molecule has 24 heavy (non-hydrogen) atoms. The van der Waals surface area contributed by atoms with E-state index in [0.29, 0.717) is 22.0 Å². The molecule has 0 aliphatic rings. The number of aliphatic hydroxyl groups excluding tert-OH is 1. The Kier molecular flexibility index (Phi) is 5.60. The van der Waals surface area contributed by atoms with Gasteiger partial charge in [-0.2, -0.15) is 0 Å². The lowest BCUT2D eigenvalue weighted by Crippen LogP contribution is -2.16. The zero-order valence-electron chi connectivity index (χ0n) is 13.2. The maximum absolute atomic E-state index is 12.1. The average molecular weight is 346 g/mol.